The number of aromatic amines is 1. The smallest absolute Gasteiger partial charge is 0.231 e. The molecule has 2 N–H and O–H groups in total. The summed E-state index contributed by atoms with van der Waals surface area (Å²) in [6.07, 6.45) is 3.27. The quantitative estimate of drug-likeness (QED) is 0.597. The first-order valence-electron chi connectivity index (χ1n) is 10.7. The number of anilines is 1. The van der Waals surface area contributed by atoms with Crippen LogP contribution in [0.1, 0.15) is 30.9 Å². The van der Waals surface area contributed by atoms with E-state index in [1.807, 2.05) is 29.2 Å². The van der Waals surface area contributed by atoms with Crippen LogP contribution >= 0.6 is 11.6 Å². The molecule has 1 unspecified atom stereocenters. The average Bonchev–Trinajstić information content (AvgIpc) is 3.28. The van der Waals surface area contributed by atoms with Crippen LogP contribution in [0.4, 0.5) is 5.69 Å². The summed E-state index contributed by atoms with van der Waals surface area (Å²) in [4.78, 5) is 21.8. The predicted molar refractivity (Wildman–Crippen MR) is 125 cm³/mol. The molecule has 1 saturated heterocycles. The van der Waals surface area contributed by atoms with Gasteiger partial charge in [-0.05, 0) is 17.7 Å². The summed E-state index contributed by atoms with van der Waals surface area (Å²) in [5, 5.41) is 21.4. The SMILES string of the molecule is CC(C)NCC(C(=O)N1CCN(c2c(C#N)cnc3[nH]ncc23)CC1)c1ccc(Cl)cc1. The second-order valence-corrected chi connectivity index (χ2v) is 8.68. The van der Waals surface area contributed by atoms with Crippen molar-refractivity contribution in [1.82, 2.24) is 25.4 Å². The van der Waals surface area contributed by atoms with Crippen molar-refractivity contribution in [3.05, 3.63) is 52.8 Å². The van der Waals surface area contributed by atoms with E-state index in [1.165, 1.54) is 0 Å². The van der Waals surface area contributed by atoms with Crippen molar-refractivity contribution < 1.29 is 4.79 Å². The highest BCUT2D eigenvalue weighted by Gasteiger charge is 2.30. The number of pyridine rings is 1. The number of benzene rings is 1. The minimum absolute atomic E-state index is 0.101. The number of carbonyl (C=O) groups is 1. The van der Waals surface area contributed by atoms with Crippen LogP contribution in [0.5, 0.6) is 0 Å². The predicted octanol–water partition coefficient (Wildman–Crippen LogP) is 2.91. The number of halogens is 1. The first-order valence-corrected chi connectivity index (χ1v) is 11.1. The Kier molecular flexibility index (Phi) is 6.58. The van der Waals surface area contributed by atoms with E-state index in [1.54, 1.807) is 12.4 Å². The van der Waals surface area contributed by atoms with Crippen LogP contribution in [0.2, 0.25) is 5.02 Å². The summed E-state index contributed by atoms with van der Waals surface area (Å²) in [6, 6.07) is 10.0. The number of hydrogen-bond acceptors (Lipinski definition) is 6. The number of fused-ring (bicyclic) bond motifs is 1. The molecule has 4 rings (SSSR count). The van der Waals surface area contributed by atoms with Crippen molar-refractivity contribution in [3.8, 4) is 6.07 Å². The Morgan fingerprint density at radius 3 is 2.59 bits per heavy atom. The van der Waals surface area contributed by atoms with Crippen molar-refractivity contribution in [2.45, 2.75) is 25.8 Å². The van der Waals surface area contributed by atoms with E-state index < -0.39 is 0 Å². The van der Waals surface area contributed by atoms with Crippen molar-refractivity contribution >= 4 is 34.2 Å². The van der Waals surface area contributed by atoms with Gasteiger partial charge >= 0.3 is 0 Å². The number of H-pyrrole nitrogens is 1. The molecule has 0 spiro atoms. The highest BCUT2D eigenvalue weighted by Crippen LogP contribution is 2.29. The maximum absolute atomic E-state index is 13.5. The highest BCUT2D eigenvalue weighted by molar-refractivity contribution is 6.30. The van der Waals surface area contributed by atoms with Gasteiger partial charge in [0.2, 0.25) is 5.91 Å². The molecular weight excluding hydrogens is 426 g/mol. The van der Waals surface area contributed by atoms with Gasteiger partial charge < -0.3 is 15.1 Å². The number of carbonyl (C=O) groups excluding carboxylic acids is 1. The zero-order valence-electron chi connectivity index (χ0n) is 18.2. The zero-order valence-corrected chi connectivity index (χ0v) is 18.9. The molecule has 1 aliphatic rings. The number of nitrogens with one attached hydrogen (secondary N) is 2. The highest BCUT2D eigenvalue weighted by atomic mass is 35.5. The summed E-state index contributed by atoms with van der Waals surface area (Å²) in [6.45, 7) is 7.14. The molecule has 0 bridgehead atoms. The first kappa shape index (κ1) is 22.1. The van der Waals surface area contributed by atoms with Crippen molar-refractivity contribution in [3.63, 3.8) is 0 Å². The molecule has 1 fully saturated rings. The fraction of sp³-hybridized carbons (Fsp3) is 0.391. The lowest BCUT2D eigenvalue weighted by molar-refractivity contribution is -0.133. The molecular formula is C23H26ClN7O. The van der Waals surface area contributed by atoms with Gasteiger partial charge in [-0.2, -0.15) is 10.4 Å². The molecule has 166 valence electrons. The molecule has 1 aliphatic heterocycles. The Balaban J connectivity index is 1.51. The van der Waals surface area contributed by atoms with Crippen molar-refractivity contribution in [2.75, 3.05) is 37.6 Å². The standard InChI is InChI=1S/C23H26ClN7O/c1-15(2)26-13-19(16-3-5-18(24)6-4-16)23(32)31-9-7-30(8-10-31)21-17(11-25)12-27-22-20(21)14-28-29-22/h3-6,12,14-15,19,26H,7-10,13H2,1-2H3,(H,27,28,29). The van der Waals surface area contributed by atoms with Gasteiger partial charge in [0.25, 0.3) is 0 Å². The molecule has 1 atom stereocenters. The van der Waals surface area contributed by atoms with Crippen LogP contribution in [0.25, 0.3) is 11.0 Å². The monoisotopic (exact) mass is 451 g/mol. The second kappa shape index (κ2) is 9.55. The lowest BCUT2D eigenvalue weighted by Gasteiger charge is -2.38. The van der Waals surface area contributed by atoms with Crippen LogP contribution in [-0.4, -0.2) is 64.8 Å². The van der Waals surface area contributed by atoms with Gasteiger partial charge in [-0.15, -0.1) is 0 Å². The first-order chi connectivity index (χ1) is 15.5. The third-order valence-electron chi connectivity index (χ3n) is 5.78. The fourth-order valence-corrected chi connectivity index (χ4v) is 4.20. The number of amides is 1. The van der Waals surface area contributed by atoms with Crippen LogP contribution in [0.15, 0.2) is 36.7 Å². The lowest BCUT2D eigenvalue weighted by Crippen LogP contribution is -2.51. The molecule has 3 heterocycles. The minimum Gasteiger partial charge on any atom is -0.366 e. The number of piperazine rings is 1. The van der Waals surface area contributed by atoms with Gasteiger partial charge in [0.1, 0.15) is 6.07 Å². The van der Waals surface area contributed by atoms with E-state index >= 15 is 0 Å². The third kappa shape index (κ3) is 4.54. The maximum Gasteiger partial charge on any atom is 0.231 e. The van der Waals surface area contributed by atoms with E-state index in [9.17, 15) is 10.1 Å². The van der Waals surface area contributed by atoms with Crippen LogP contribution in [0.3, 0.4) is 0 Å². The second-order valence-electron chi connectivity index (χ2n) is 8.24. The van der Waals surface area contributed by atoms with Crippen molar-refractivity contribution in [2.24, 2.45) is 0 Å². The lowest BCUT2D eigenvalue weighted by atomic mass is 9.96. The van der Waals surface area contributed by atoms with Gasteiger partial charge in [0, 0.05) is 50.0 Å². The van der Waals surface area contributed by atoms with Crippen molar-refractivity contribution in [1.29, 1.82) is 5.26 Å². The maximum atomic E-state index is 13.5. The Morgan fingerprint density at radius 2 is 1.94 bits per heavy atom. The summed E-state index contributed by atoms with van der Waals surface area (Å²) in [7, 11) is 0. The summed E-state index contributed by atoms with van der Waals surface area (Å²) >= 11 is 6.05. The number of rotatable bonds is 6. The molecule has 8 nitrogen and oxygen atoms in total. The number of hydrogen-bond donors (Lipinski definition) is 2. The van der Waals surface area contributed by atoms with E-state index in [0.29, 0.717) is 49.0 Å². The molecule has 3 aromatic rings. The van der Waals surface area contributed by atoms with Crippen LogP contribution in [0, 0.1) is 11.3 Å². The van der Waals surface area contributed by atoms with E-state index in [-0.39, 0.29) is 17.9 Å². The van der Waals surface area contributed by atoms with E-state index in [4.69, 9.17) is 11.6 Å². The largest absolute Gasteiger partial charge is 0.366 e. The Morgan fingerprint density at radius 1 is 1.22 bits per heavy atom. The molecule has 1 amide bonds. The summed E-state index contributed by atoms with van der Waals surface area (Å²) in [5.74, 6) is -0.179. The zero-order chi connectivity index (χ0) is 22.7. The number of nitrogens with zero attached hydrogens (tertiary/aromatic N) is 5. The Bertz CT molecular complexity index is 1130. The fourth-order valence-electron chi connectivity index (χ4n) is 4.08. The molecule has 2 aromatic heterocycles. The van der Waals surface area contributed by atoms with Gasteiger partial charge in [0.15, 0.2) is 5.65 Å². The normalized spacial score (nSPS) is 15.2. The van der Waals surface area contributed by atoms with Crippen LogP contribution in [-0.2, 0) is 4.79 Å². The molecule has 9 heteroatoms. The van der Waals surface area contributed by atoms with Gasteiger partial charge in [-0.25, -0.2) is 4.98 Å². The molecule has 1 aromatic carbocycles. The average molecular weight is 452 g/mol. The number of aromatic nitrogens is 3. The topological polar surface area (TPSA) is 101 Å². The number of nitriles is 1. The van der Waals surface area contributed by atoms with Gasteiger partial charge in [-0.3, -0.25) is 9.89 Å². The molecule has 0 radical (unpaired) electrons. The molecule has 0 aliphatic carbocycles. The van der Waals surface area contributed by atoms with Crippen LogP contribution < -0.4 is 10.2 Å². The van der Waals surface area contributed by atoms with Gasteiger partial charge in [0.05, 0.1) is 28.8 Å². The van der Waals surface area contributed by atoms with E-state index in [0.717, 1.165) is 16.6 Å². The minimum atomic E-state index is -0.280. The Hall–Kier alpha value is -3.15. The molecule has 32 heavy (non-hydrogen) atoms. The third-order valence-corrected chi connectivity index (χ3v) is 6.03. The van der Waals surface area contributed by atoms with Gasteiger partial charge in [-0.1, -0.05) is 37.6 Å². The Labute approximate surface area is 192 Å². The van der Waals surface area contributed by atoms with E-state index in [2.05, 4.69) is 45.3 Å². The molecule has 0 saturated carbocycles. The summed E-state index contributed by atoms with van der Waals surface area (Å²) in [5.41, 5.74) is 2.95. The summed E-state index contributed by atoms with van der Waals surface area (Å²) < 4.78 is 0.